The number of piperidine rings is 1. The molecule has 0 aromatic heterocycles. The fraction of sp³-hybridized carbons (Fsp3) is 0.400. The number of hydrogen-bond donors (Lipinski definition) is 2. The molecule has 3 aromatic carbocycles. The molecule has 1 aliphatic heterocycles. The van der Waals surface area contributed by atoms with Gasteiger partial charge in [0, 0.05) is 39.1 Å². The molecular weight excluding hydrogens is 524 g/mol. The second kappa shape index (κ2) is 13.3. The molecule has 1 aliphatic rings. The zero-order valence-corrected chi connectivity index (χ0v) is 25.3. The normalized spacial score (nSPS) is 15.9. The Morgan fingerprint density at radius 3 is 2.26 bits per heavy atom. The summed E-state index contributed by atoms with van der Waals surface area (Å²) in [4.78, 5) is 43.9. The van der Waals surface area contributed by atoms with Gasteiger partial charge in [-0.3, -0.25) is 14.4 Å². The molecule has 7 heteroatoms. The third-order valence-electron chi connectivity index (χ3n) is 8.37. The second-order valence-corrected chi connectivity index (χ2v) is 12.3. The molecule has 0 radical (unpaired) electrons. The van der Waals surface area contributed by atoms with Crippen molar-refractivity contribution in [2.45, 2.75) is 57.5 Å². The van der Waals surface area contributed by atoms with Crippen LogP contribution in [0.25, 0.3) is 10.8 Å². The number of benzene rings is 3. The van der Waals surface area contributed by atoms with Crippen molar-refractivity contribution in [1.82, 2.24) is 15.1 Å². The van der Waals surface area contributed by atoms with Crippen LogP contribution in [0.15, 0.2) is 84.9 Å². The third-order valence-corrected chi connectivity index (χ3v) is 8.37. The molecule has 0 aliphatic carbocycles. The predicted octanol–water partition coefficient (Wildman–Crippen LogP) is 4.49. The highest BCUT2D eigenvalue weighted by Gasteiger charge is 2.43. The number of fused-ring (bicyclic) bond motifs is 1. The maximum absolute atomic E-state index is 14.1. The first-order chi connectivity index (χ1) is 20.0. The Kier molecular flexibility index (Phi) is 9.84. The van der Waals surface area contributed by atoms with Crippen LogP contribution in [0.1, 0.15) is 44.2 Å². The maximum atomic E-state index is 14.1. The molecular formula is C35H44N4O3. The lowest BCUT2D eigenvalue weighted by Crippen LogP contribution is -2.55. The average molecular weight is 569 g/mol. The van der Waals surface area contributed by atoms with Crippen molar-refractivity contribution < 1.29 is 14.4 Å². The van der Waals surface area contributed by atoms with Crippen molar-refractivity contribution in [2.24, 2.45) is 11.1 Å². The molecule has 0 bridgehead atoms. The van der Waals surface area contributed by atoms with E-state index in [1.807, 2.05) is 67.3 Å². The molecule has 3 aromatic rings. The molecule has 222 valence electrons. The summed E-state index contributed by atoms with van der Waals surface area (Å²) in [5, 5.41) is 5.08. The number of nitrogens with one attached hydrogen (secondary N) is 1. The van der Waals surface area contributed by atoms with Crippen LogP contribution < -0.4 is 11.1 Å². The van der Waals surface area contributed by atoms with Gasteiger partial charge in [-0.15, -0.1) is 0 Å². The van der Waals surface area contributed by atoms with E-state index in [0.717, 1.165) is 21.9 Å². The lowest BCUT2D eigenvalue weighted by atomic mass is 9.73. The van der Waals surface area contributed by atoms with Crippen LogP contribution in [-0.4, -0.2) is 66.3 Å². The lowest BCUT2D eigenvalue weighted by molar-refractivity contribution is -0.146. The Hall–Kier alpha value is -3.97. The number of amides is 3. The highest BCUT2D eigenvalue weighted by Crippen LogP contribution is 2.36. The van der Waals surface area contributed by atoms with E-state index < -0.39 is 17.0 Å². The maximum Gasteiger partial charge on any atom is 0.246 e. The summed E-state index contributed by atoms with van der Waals surface area (Å²) in [6.45, 7) is 4.72. The topological polar surface area (TPSA) is 95.7 Å². The summed E-state index contributed by atoms with van der Waals surface area (Å²) < 4.78 is 0. The number of likely N-dealkylation sites (tertiary alicyclic amines) is 1. The molecule has 7 nitrogen and oxygen atoms in total. The monoisotopic (exact) mass is 568 g/mol. The van der Waals surface area contributed by atoms with Gasteiger partial charge in [-0.1, -0.05) is 78.9 Å². The van der Waals surface area contributed by atoms with Crippen molar-refractivity contribution in [3.63, 3.8) is 0 Å². The van der Waals surface area contributed by atoms with E-state index in [1.54, 1.807) is 25.1 Å². The van der Waals surface area contributed by atoms with Crippen LogP contribution >= 0.6 is 0 Å². The summed E-state index contributed by atoms with van der Waals surface area (Å²) in [6.07, 6.45) is 5.96. The first-order valence-electron chi connectivity index (χ1n) is 14.8. The zero-order valence-electron chi connectivity index (χ0n) is 25.3. The Labute approximate surface area is 249 Å². The summed E-state index contributed by atoms with van der Waals surface area (Å²) in [7, 11) is 3.37. The fourth-order valence-electron chi connectivity index (χ4n) is 5.82. The number of carbonyl (C=O) groups excluding carboxylic acids is 3. The zero-order chi connectivity index (χ0) is 30.3. The first kappa shape index (κ1) is 31.0. The Balaban J connectivity index is 1.56. The van der Waals surface area contributed by atoms with E-state index >= 15 is 0 Å². The molecule has 1 saturated heterocycles. The summed E-state index contributed by atoms with van der Waals surface area (Å²) in [6, 6.07) is 23.6. The van der Waals surface area contributed by atoms with Crippen LogP contribution in [0.4, 0.5) is 0 Å². The molecule has 0 spiro atoms. The van der Waals surface area contributed by atoms with Gasteiger partial charge in [0.15, 0.2) is 0 Å². The fourth-order valence-corrected chi connectivity index (χ4v) is 5.82. The average Bonchev–Trinajstić information content (AvgIpc) is 2.98. The molecule has 3 amide bonds. The molecule has 4 rings (SSSR count). The smallest absolute Gasteiger partial charge is 0.246 e. The van der Waals surface area contributed by atoms with Gasteiger partial charge < -0.3 is 20.9 Å². The number of nitrogens with zero attached hydrogens (tertiary/aromatic N) is 2. The number of nitrogens with two attached hydrogens (primary N) is 1. The van der Waals surface area contributed by atoms with Gasteiger partial charge in [-0.2, -0.15) is 0 Å². The van der Waals surface area contributed by atoms with E-state index in [2.05, 4.69) is 29.6 Å². The van der Waals surface area contributed by atoms with Crippen molar-refractivity contribution >= 4 is 28.5 Å². The lowest BCUT2D eigenvalue weighted by Gasteiger charge is -2.42. The molecule has 3 N–H and O–H groups in total. The second-order valence-electron chi connectivity index (χ2n) is 12.3. The Bertz CT molecular complexity index is 1420. The van der Waals surface area contributed by atoms with Crippen molar-refractivity contribution in [2.75, 3.05) is 27.2 Å². The van der Waals surface area contributed by atoms with Crippen LogP contribution in [-0.2, 0) is 27.2 Å². The van der Waals surface area contributed by atoms with Gasteiger partial charge in [-0.25, -0.2) is 0 Å². The molecule has 0 unspecified atom stereocenters. The van der Waals surface area contributed by atoms with Crippen LogP contribution in [0.5, 0.6) is 0 Å². The van der Waals surface area contributed by atoms with E-state index in [1.165, 1.54) is 6.08 Å². The van der Waals surface area contributed by atoms with Gasteiger partial charge in [-0.05, 0) is 67.5 Å². The van der Waals surface area contributed by atoms with Crippen molar-refractivity contribution in [3.05, 3.63) is 96.1 Å². The van der Waals surface area contributed by atoms with E-state index in [4.69, 9.17) is 5.73 Å². The standard InChI is InChI=1S/C35H44N4O3/c1-34(2,36)18-10-15-31(40)38(4)30(24-27-16-17-28-13-8-9-14-29(28)23-27)32(41)39-21-19-35(20-22-39,33(42)37-3)25-26-11-6-5-7-12-26/h5-17,23,30H,18-22,24-25,36H2,1-4H3,(H,37,42)/b15-10+/t30-/m1/s1. The van der Waals surface area contributed by atoms with Crippen LogP contribution in [0, 0.1) is 5.41 Å². The van der Waals surface area contributed by atoms with E-state index in [0.29, 0.717) is 45.2 Å². The van der Waals surface area contributed by atoms with Crippen LogP contribution in [0.2, 0.25) is 0 Å². The Morgan fingerprint density at radius 2 is 1.62 bits per heavy atom. The molecule has 1 fully saturated rings. The van der Waals surface area contributed by atoms with Crippen molar-refractivity contribution in [1.29, 1.82) is 0 Å². The highest BCUT2D eigenvalue weighted by molar-refractivity contribution is 5.93. The predicted molar refractivity (Wildman–Crippen MR) is 169 cm³/mol. The number of likely N-dealkylation sites (N-methyl/N-ethyl adjacent to an activating group) is 1. The largest absolute Gasteiger partial charge is 0.359 e. The third kappa shape index (κ3) is 7.65. The molecule has 1 heterocycles. The summed E-state index contributed by atoms with van der Waals surface area (Å²) in [5.41, 5.74) is 7.16. The minimum atomic E-state index is -0.684. The minimum Gasteiger partial charge on any atom is -0.359 e. The van der Waals surface area contributed by atoms with E-state index in [9.17, 15) is 14.4 Å². The number of carbonyl (C=O) groups is 3. The minimum absolute atomic E-state index is 0.00595. The molecule has 0 saturated carbocycles. The Morgan fingerprint density at radius 1 is 0.976 bits per heavy atom. The van der Waals surface area contributed by atoms with Crippen molar-refractivity contribution in [3.8, 4) is 0 Å². The van der Waals surface area contributed by atoms with Gasteiger partial charge >= 0.3 is 0 Å². The quantitative estimate of drug-likeness (QED) is 0.352. The SMILES string of the molecule is CNC(=O)C1(Cc2ccccc2)CCN(C(=O)[C@@H](Cc2ccc3ccccc3c2)N(C)C(=O)/C=C/CC(C)(C)N)CC1. The number of rotatable bonds is 10. The van der Waals surface area contributed by atoms with Gasteiger partial charge in [0.05, 0.1) is 5.41 Å². The molecule has 1 atom stereocenters. The van der Waals surface area contributed by atoms with Gasteiger partial charge in [0.1, 0.15) is 6.04 Å². The first-order valence-corrected chi connectivity index (χ1v) is 14.8. The highest BCUT2D eigenvalue weighted by atomic mass is 16.2. The van der Waals surface area contributed by atoms with Crippen LogP contribution in [0.3, 0.4) is 0 Å². The van der Waals surface area contributed by atoms with E-state index in [-0.39, 0.29) is 17.7 Å². The van der Waals surface area contributed by atoms with Gasteiger partial charge in [0.25, 0.3) is 0 Å². The van der Waals surface area contributed by atoms with Gasteiger partial charge in [0.2, 0.25) is 17.7 Å². The molecule has 42 heavy (non-hydrogen) atoms. The summed E-state index contributed by atoms with van der Waals surface area (Å²) in [5.74, 6) is -0.331. The summed E-state index contributed by atoms with van der Waals surface area (Å²) >= 11 is 0. The number of hydrogen-bond acceptors (Lipinski definition) is 4.